The Morgan fingerprint density at radius 1 is 1.00 bits per heavy atom. The maximum Gasteiger partial charge on any atom is 0.348 e. The number of esters is 1. The van der Waals surface area contributed by atoms with Gasteiger partial charge in [-0.1, -0.05) is 86.3 Å². The van der Waals surface area contributed by atoms with Crippen LogP contribution in [0.5, 0.6) is 0 Å². The van der Waals surface area contributed by atoms with Gasteiger partial charge in [0.25, 0.3) is 0 Å². The predicted octanol–water partition coefficient (Wildman–Crippen LogP) is 6.15. The van der Waals surface area contributed by atoms with Crippen molar-refractivity contribution in [3.05, 3.63) is 82.5 Å². The first-order valence-corrected chi connectivity index (χ1v) is 11.5. The van der Waals surface area contributed by atoms with Crippen LogP contribution in [0.25, 0.3) is 0 Å². The second kappa shape index (κ2) is 9.08. The molecule has 2 aromatic carbocycles. The Hall–Kier alpha value is -2.20. The molecule has 0 spiro atoms. The van der Waals surface area contributed by atoms with Gasteiger partial charge in [-0.05, 0) is 29.9 Å². The summed E-state index contributed by atoms with van der Waals surface area (Å²) in [4.78, 5) is 13.3. The number of aryl methyl sites for hydroxylation is 1. The molecule has 1 aliphatic carbocycles. The molecular formula is C25H28O3S. The fourth-order valence-corrected chi connectivity index (χ4v) is 5.54. The summed E-state index contributed by atoms with van der Waals surface area (Å²) in [5, 5.41) is 10.9. The summed E-state index contributed by atoms with van der Waals surface area (Å²) in [6.07, 6.45) is 6.84. The van der Waals surface area contributed by atoms with Crippen LogP contribution < -0.4 is 0 Å². The Kier molecular flexibility index (Phi) is 6.29. The number of carbonyl (C=O) groups excluding carboxylic acids is 1. The predicted molar refractivity (Wildman–Crippen MR) is 118 cm³/mol. The van der Waals surface area contributed by atoms with Gasteiger partial charge in [-0.15, -0.1) is 11.8 Å². The van der Waals surface area contributed by atoms with Gasteiger partial charge >= 0.3 is 5.97 Å². The number of carbonyl (C=O) groups is 1. The molecule has 1 heterocycles. The molecule has 1 unspecified atom stereocenters. The third kappa shape index (κ3) is 4.69. The first-order valence-electron chi connectivity index (χ1n) is 10.5. The number of thioether (sulfide) groups is 1. The molecule has 4 heteroatoms. The smallest absolute Gasteiger partial charge is 0.348 e. The van der Waals surface area contributed by atoms with E-state index in [1.54, 1.807) is 0 Å². The number of hydrogen-bond donors (Lipinski definition) is 1. The Bertz CT molecular complexity index is 856. The van der Waals surface area contributed by atoms with E-state index in [1.165, 1.54) is 43.0 Å². The van der Waals surface area contributed by atoms with E-state index in [2.05, 4.69) is 12.1 Å². The largest absolute Gasteiger partial charge is 0.511 e. The summed E-state index contributed by atoms with van der Waals surface area (Å²) in [7, 11) is 0. The average molecular weight is 409 g/mol. The summed E-state index contributed by atoms with van der Waals surface area (Å²) in [5.74, 6) is 1.08. The van der Waals surface area contributed by atoms with Crippen molar-refractivity contribution in [1.29, 1.82) is 0 Å². The van der Waals surface area contributed by atoms with E-state index in [1.807, 2.05) is 48.5 Å². The molecule has 3 nitrogen and oxygen atoms in total. The molecule has 29 heavy (non-hydrogen) atoms. The highest BCUT2D eigenvalue weighted by Crippen LogP contribution is 2.47. The summed E-state index contributed by atoms with van der Waals surface area (Å²) in [6, 6.07) is 20.1. The molecule has 1 atom stereocenters. The van der Waals surface area contributed by atoms with Gasteiger partial charge in [-0.25, -0.2) is 4.79 Å². The molecule has 152 valence electrons. The van der Waals surface area contributed by atoms with Crippen molar-refractivity contribution in [2.24, 2.45) is 5.92 Å². The minimum Gasteiger partial charge on any atom is -0.511 e. The molecule has 0 bridgehead atoms. The second-order valence-electron chi connectivity index (χ2n) is 8.14. The van der Waals surface area contributed by atoms with Gasteiger partial charge < -0.3 is 9.84 Å². The lowest BCUT2D eigenvalue weighted by Crippen LogP contribution is -2.39. The molecule has 0 radical (unpaired) electrons. The number of benzene rings is 2. The van der Waals surface area contributed by atoms with Crippen LogP contribution in [0, 0.1) is 5.92 Å². The van der Waals surface area contributed by atoms with Crippen LogP contribution in [-0.2, 0) is 21.6 Å². The minimum absolute atomic E-state index is 0.182. The third-order valence-electron chi connectivity index (χ3n) is 6.06. The molecule has 0 saturated heterocycles. The summed E-state index contributed by atoms with van der Waals surface area (Å²) in [6.45, 7) is 0. The molecule has 2 aliphatic rings. The topological polar surface area (TPSA) is 46.5 Å². The Morgan fingerprint density at radius 2 is 1.66 bits per heavy atom. The number of rotatable bonds is 7. The van der Waals surface area contributed by atoms with Crippen LogP contribution in [0.1, 0.15) is 49.7 Å². The third-order valence-corrected chi connectivity index (χ3v) is 7.16. The lowest BCUT2D eigenvalue weighted by atomic mass is 9.79. The van der Waals surface area contributed by atoms with Gasteiger partial charge in [0.2, 0.25) is 0 Å². The first kappa shape index (κ1) is 20.1. The highest BCUT2D eigenvalue weighted by atomic mass is 32.2. The number of aliphatic hydroxyl groups is 1. The van der Waals surface area contributed by atoms with Crippen LogP contribution in [-0.4, -0.2) is 16.8 Å². The maximum atomic E-state index is 12.9. The standard InChI is InChI=1S/C25H28O3S/c26-22-18-25(17-20-11-7-8-12-20,21-13-5-2-6-14-21)28-24(27)23(22)29-16-15-19-9-3-1-4-10-19/h1-6,9-10,13-14,20,26H,7-8,11-12,15-18H2. The minimum atomic E-state index is -0.749. The van der Waals surface area contributed by atoms with Crippen molar-refractivity contribution in [2.45, 2.75) is 50.5 Å². The van der Waals surface area contributed by atoms with Gasteiger partial charge in [-0.2, -0.15) is 0 Å². The molecular weight excluding hydrogens is 380 g/mol. The van der Waals surface area contributed by atoms with Crippen molar-refractivity contribution in [1.82, 2.24) is 0 Å². The molecule has 1 saturated carbocycles. The Morgan fingerprint density at radius 3 is 2.31 bits per heavy atom. The van der Waals surface area contributed by atoms with Gasteiger partial charge in [0.1, 0.15) is 16.3 Å². The lowest BCUT2D eigenvalue weighted by Gasteiger charge is -2.39. The van der Waals surface area contributed by atoms with Crippen LogP contribution in [0.4, 0.5) is 0 Å². The normalized spacial score (nSPS) is 22.7. The van der Waals surface area contributed by atoms with Crippen LogP contribution in [0.15, 0.2) is 71.3 Å². The van der Waals surface area contributed by atoms with Crippen molar-refractivity contribution in [3.8, 4) is 0 Å². The molecule has 1 aliphatic heterocycles. The molecule has 1 N–H and O–H groups in total. The van der Waals surface area contributed by atoms with Gasteiger partial charge in [0, 0.05) is 5.75 Å². The summed E-state index contributed by atoms with van der Waals surface area (Å²) >= 11 is 1.40. The number of cyclic esters (lactones) is 1. The maximum absolute atomic E-state index is 12.9. The fraction of sp³-hybridized carbons (Fsp3) is 0.400. The van der Waals surface area contributed by atoms with E-state index in [9.17, 15) is 9.90 Å². The van der Waals surface area contributed by atoms with Crippen molar-refractivity contribution in [3.63, 3.8) is 0 Å². The van der Waals surface area contributed by atoms with Gasteiger partial charge in [0.15, 0.2) is 0 Å². The Labute approximate surface area is 177 Å². The van der Waals surface area contributed by atoms with E-state index in [4.69, 9.17) is 4.74 Å². The molecule has 0 amide bonds. The average Bonchev–Trinajstić information content (AvgIpc) is 3.24. The number of ether oxygens (including phenoxy) is 1. The van der Waals surface area contributed by atoms with Crippen molar-refractivity contribution < 1.29 is 14.6 Å². The highest BCUT2D eigenvalue weighted by molar-refractivity contribution is 8.04. The first-order chi connectivity index (χ1) is 14.2. The quantitative estimate of drug-likeness (QED) is 0.558. The second-order valence-corrected chi connectivity index (χ2v) is 9.25. The van der Waals surface area contributed by atoms with E-state index < -0.39 is 5.60 Å². The van der Waals surface area contributed by atoms with Crippen LogP contribution in [0.2, 0.25) is 0 Å². The lowest BCUT2D eigenvalue weighted by molar-refractivity contribution is -0.161. The fourth-order valence-electron chi connectivity index (χ4n) is 4.60. The van der Waals surface area contributed by atoms with E-state index >= 15 is 0 Å². The molecule has 2 aromatic rings. The van der Waals surface area contributed by atoms with Crippen molar-refractivity contribution >= 4 is 17.7 Å². The van der Waals surface area contributed by atoms with E-state index in [-0.39, 0.29) is 11.7 Å². The van der Waals surface area contributed by atoms with Gasteiger partial charge in [0.05, 0.1) is 6.42 Å². The SMILES string of the molecule is O=C1OC(CC2CCCC2)(c2ccccc2)CC(O)=C1SCCc1ccccc1. The van der Waals surface area contributed by atoms with E-state index in [0.29, 0.717) is 17.2 Å². The monoisotopic (exact) mass is 408 g/mol. The zero-order chi connectivity index (χ0) is 20.1. The van der Waals surface area contributed by atoms with Crippen LogP contribution >= 0.6 is 11.8 Å². The van der Waals surface area contributed by atoms with Gasteiger partial charge in [-0.3, -0.25) is 0 Å². The number of hydrogen-bond acceptors (Lipinski definition) is 4. The summed E-state index contributed by atoms with van der Waals surface area (Å²) in [5.41, 5.74) is 1.46. The summed E-state index contributed by atoms with van der Waals surface area (Å²) < 4.78 is 6.13. The zero-order valence-electron chi connectivity index (χ0n) is 16.7. The van der Waals surface area contributed by atoms with Crippen molar-refractivity contribution in [2.75, 3.05) is 5.75 Å². The Balaban J connectivity index is 1.52. The van der Waals surface area contributed by atoms with Crippen LogP contribution in [0.3, 0.4) is 0 Å². The molecule has 4 rings (SSSR count). The molecule has 0 aromatic heterocycles. The highest BCUT2D eigenvalue weighted by Gasteiger charge is 2.45. The molecule has 1 fully saturated rings. The van der Waals surface area contributed by atoms with E-state index in [0.717, 1.165) is 24.2 Å². The zero-order valence-corrected chi connectivity index (χ0v) is 17.5. The number of aliphatic hydroxyl groups excluding tert-OH is 1.